The molecule has 4 nitrogen and oxygen atoms in total. The van der Waals surface area contributed by atoms with Crippen LogP contribution in [0.5, 0.6) is 5.75 Å². The van der Waals surface area contributed by atoms with E-state index >= 15 is 0 Å². The Labute approximate surface area is 104 Å². The van der Waals surface area contributed by atoms with Crippen LogP contribution in [0.3, 0.4) is 0 Å². The lowest BCUT2D eigenvalue weighted by Crippen LogP contribution is -2.25. The minimum absolute atomic E-state index is 0.128. The lowest BCUT2D eigenvalue weighted by molar-refractivity contribution is -0.133. The van der Waals surface area contributed by atoms with Gasteiger partial charge in [-0.15, -0.1) is 0 Å². The molecule has 15 heavy (non-hydrogen) atoms. The van der Waals surface area contributed by atoms with Crippen molar-refractivity contribution in [3.63, 3.8) is 0 Å². The van der Waals surface area contributed by atoms with E-state index in [0.717, 1.165) is 5.56 Å². The molecule has 0 saturated carbocycles. The van der Waals surface area contributed by atoms with E-state index in [1.807, 2.05) is 0 Å². The summed E-state index contributed by atoms with van der Waals surface area (Å²) in [4.78, 5) is 10.0. The molecule has 0 unspecified atom stereocenters. The molecule has 0 aliphatic heterocycles. The van der Waals surface area contributed by atoms with Crippen molar-refractivity contribution in [2.75, 3.05) is 0 Å². The molecule has 0 fully saturated rings. The van der Waals surface area contributed by atoms with Crippen molar-refractivity contribution in [1.29, 1.82) is 0 Å². The first-order chi connectivity index (χ1) is 7.04. The Morgan fingerprint density at radius 2 is 2.00 bits per heavy atom. The molecule has 6 heteroatoms. The van der Waals surface area contributed by atoms with Crippen LogP contribution < -0.4 is 5.73 Å². The predicted molar refractivity (Wildman–Crippen MR) is 62.3 cm³/mol. The quantitative estimate of drug-likeness (QED) is 0.649. The molecule has 0 bridgehead atoms. The summed E-state index contributed by atoms with van der Waals surface area (Å²) in [5.41, 5.74) is 6.36. The summed E-state index contributed by atoms with van der Waals surface area (Å²) in [6.07, 6.45) is -0.290. The van der Waals surface area contributed by atoms with Crippen molar-refractivity contribution in [2.45, 2.75) is 12.6 Å². The first kappa shape index (κ1) is 12.5. The molecule has 3 N–H and O–H groups in total. The van der Waals surface area contributed by atoms with Crippen molar-refractivity contribution in [1.82, 2.24) is 0 Å². The molecule has 1 atom stereocenters. The summed E-state index contributed by atoms with van der Waals surface area (Å²) in [6.45, 7) is 0.315. The largest absolute Gasteiger partial charge is 0.506 e. The molecule has 0 amide bonds. The highest BCUT2D eigenvalue weighted by molar-refractivity contribution is 9.11. The summed E-state index contributed by atoms with van der Waals surface area (Å²) in [6, 6.07) is 3.43. The van der Waals surface area contributed by atoms with Gasteiger partial charge in [-0.05, 0) is 49.6 Å². The second kappa shape index (κ2) is 5.48. The number of rotatable bonds is 4. The maximum absolute atomic E-state index is 10.0. The number of benzene rings is 1. The molecule has 0 saturated heterocycles. The van der Waals surface area contributed by atoms with E-state index in [1.54, 1.807) is 12.1 Å². The number of aromatic hydroxyl groups is 1. The number of phenolic OH excluding ortho intramolecular Hbond substituents is 1. The number of phenols is 1. The molecule has 1 rings (SSSR count). The van der Waals surface area contributed by atoms with Gasteiger partial charge >= 0.3 is 0 Å². The molecule has 1 aromatic carbocycles. The van der Waals surface area contributed by atoms with Gasteiger partial charge in [-0.3, -0.25) is 10.5 Å². The van der Waals surface area contributed by atoms with Crippen LogP contribution in [0, 0.1) is 0 Å². The van der Waals surface area contributed by atoms with E-state index < -0.39 is 6.23 Å². The summed E-state index contributed by atoms with van der Waals surface area (Å²) in [5.74, 6) is 0.128. The summed E-state index contributed by atoms with van der Waals surface area (Å²) in [7, 11) is 0. The predicted octanol–water partition coefficient (Wildman–Crippen LogP) is 1.92. The number of hydrogen-bond acceptors (Lipinski definition) is 4. The minimum Gasteiger partial charge on any atom is -0.506 e. The van der Waals surface area contributed by atoms with Gasteiger partial charge in [0.05, 0.1) is 8.95 Å². The SMILES string of the molecule is N[C@@H](Cc1cc(Br)c(O)c(Br)c1)OC=O. The van der Waals surface area contributed by atoms with E-state index in [2.05, 4.69) is 36.6 Å². The standard InChI is InChI=1S/C9H9Br2NO3/c10-6-1-5(2-7(11)9(6)14)3-8(12)15-4-13/h1-2,4,8,14H,3,12H2/t8-/m1/s1. The van der Waals surface area contributed by atoms with Crippen molar-refractivity contribution in [3.05, 3.63) is 26.6 Å². The second-order valence-corrected chi connectivity index (χ2v) is 4.59. The number of hydrogen-bond donors (Lipinski definition) is 2. The molecule has 82 valence electrons. The van der Waals surface area contributed by atoms with Gasteiger partial charge in [0.25, 0.3) is 6.47 Å². The topological polar surface area (TPSA) is 72.6 Å². The van der Waals surface area contributed by atoms with Crippen molar-refractivity contribution >= 4 is 38.3 Å². The first-order valence-corrected chi connectivity index (χ1v) is 5.64. The lowest BCUT2D eigenvalue weighted by atomic mass is 10.1. The highest BCUT2D eigenvalue weighted by atomic mass is 79.9. The third kappa shape index (κ3) is 3.48. The Morgan fingerprint density at radius 3 is 2.47 bits per heavy atom. The van der Waals surface area contributed by atoms with Gasteiger partial charge in [0.2, 0.25) is 0 Å². The van der Waals surface area contributed by atoms with Crippen molar-refractivity contribution in [2.24, 2.45) is 5.73 Å². The first-order valence-electron chi connectivity index (χ1n) is 4.06. The van der Waals surface area contributed by atoms with Crippen LogP contribution in [0.15, 0.2) is 21.1 Å². The van der Waals surface area contributed by atoms with E-state index in [4.69, 9.17) is 5.73 Å². The summed E-state index contributed by atoms with van der Waals surface area (Å²) < 4.78 is 5.68. The van der Waals surface area contributed by atoms with Crippen LogP contribution in [-0.4, -0.2) is 17.8 Å². The van der Waals surface area contributed by atoms with Crippen LogP contribution in [-0.2, 0) is 16.0 Å². The molecule has 0 heterocycles. The van der Waals surface area contributed by atoms with E-state index in [9.17, 15) is 9.90 Å². The third-order valence-electron chi connectivity index (χ3n) is 1.74. The lowest BCUT2D eigenvalue weighted by Gasteiger charge is -2.10. The molecule has 0 aromatic heterocycles. The molecular formula is C9H9Br2NO3. The van der Waals surface area contributed by atoms with Gasteiger partial charge in [-0.2, -0.15) is 0 Å². The average molecular weight is 339 g/mol. The second-order valence-electron chi connectivity index (χ2n) is 2.88. The fourth-order valence-corrected chi connectivity index (χ4v) is 2.37. The minimum atomic E-state index is -0.675. The zero-order chi connectivity index (χ0) is 11.4. The smallest absolute Gasteiger partial charge is 0.294 e. The Hall–Kier alpha value is -0.590. The summed E-state index contributed by atoms with van der Waals surface area (Å²) in [5, 5.41) is 9.46. The van der Waals surface area contributed by atoms with Gasteiger partial charge in [0.1, 0.15) is 5.75 Å². The van der Waals surface area contributed by atoms with E-state index in [0.29, 0.717) is 21.8 Å². The normalized spacial score (nSPS) is 12.2. The number of halogens is 2. The molecule has 0 aliphatic carbocycles. The summed E-state index contributed by atoms with van der Waals surface area (Å²) >= 11 is 6.39. The highest BCUT2D eigenvalue weighted by Gasteiger charge is 2.09. The maximum atomic E-state index is 10.0. The fourth-order valence-electron chi connectivity index (χ4n) is 1.09. The Kier molecular flexibility index (Phi) is 4.56. The van der Waals surface area contributed by atoms with Gasteiger partial charge in [0.15, 0.2) is 6.23 Å². The van der Waals surface area contributed by atoms with Gasteiger partial charge < -0.3 is 9.84 Å². The van der Waals surface area contributed by atoms with E-state index in [-0.39, 0.29) is 5.75 Å². The average Bonchev–Trinajstić information content (AvgIpc) is 2.14. The third-order valence-corrected chi connectivity index (χ3v) is 2.95. The van der Waals surface area contributed by atoms with E-state index in [1.165, 1.54) is 0 Å². The van der Waals surface area contributed by atoms with Crippen molar-refractivity contribution < 1.29 is 14.6 Å². The van der Waals surface area contributed by atoms with Gasteiger partial charge in [-0.1, -0.05) is 0 Å². The fraction of sp³-hybridized carbons (Fsp3) is 0.222. The van der Waals surface area contributed by atoms with Gasteiger partial charge in [-0.25, -0.2) is 0 Å². The number of ether oxygens (including phenoxy) is 1. The number of carbonyl (C=O) groups is 1. The molecule has 0 aliphatic rings. The molecular weight excluding hydrogens is 330 g/mol. The van der Waals surface area contributed by atoms with Crippen LogP contribution in [0.2, 0.25) is 0 Å². The van der Waals surface area contributed by atoms with Crippen LogP contribution in [0.4, 0.5) is 0 Å². The van der Waals surface area contributed by atoms with Crippen LogP contribution in [0.1, 0.15) is 5.56 Å². The molecule has 0 spiro atoms. The maximum Gasteiger partial charge on any atom is 0.294 e. The number of carbonyl (C=O) groups excluding carboxylic acids is 1. The monoisotopic (exact) mass is 337 g/mol. The van der Waals surface area contributed by atoms with Crippen LogP contribution in [0.25, 0.3) is 0 Å². The Bertz CT molecular complexity index is 347. The van der Waals surface area contributed by atoms with Gasteiger partial charge in [0, 0.05) is 6.42 Å². The zero-order valence-corrected chi connectivity index (χ0v) is 10.8. The Morgan fingerprint density at radius 1 is 1.47 bits per heavy atom. The molecule has 0 radical (unpaired) electrons. The Balaban J connectivity index is 2.82. The van der Waals surface area contributed by atoms with Crippen molar-refractivity contribution in [3.8, 4) is 5.75 Å². The molecule has 1 aromatic rings. The van der Waals surface area contributed by atoms with Crippen LogP contribution >= 0.6 is 31.9 Å². The zero-order valence-electron chi connectivity index (χ0n) is 7.61. The number of nitrogens with two attached hydrogens (primary N) is 1. The highest BCUT2D eigenvalue weighted by Crippen LogP contribution is 2.33.